The molecule has 5 heteroatoms. The van der Waals surface area contributed by atoms with Crippen LogP contribution in [0.3, 0.4) is 0 Å². The van der Waals surface area contributed by atoms with Crippen molar-refractivity contribution in [2.24, 2.45) is 0 Å². The number of nitrogens with zero attached hydrogens (tertiary/aromatic N) is 1. The Balaban J connectivity index is 1.49. The van der Waals surface area contributed by atoms with Crippen LogP contribution < -0.4 is 4.74 Å². The summed E-state index contributed by atoms with van der Waals surface area (Å²) in [6.07, 6.45) is -1.28. The Morgan fingerprint density at radius 2 is 1.73 bits per heavy atom. The number of hydrogen-bond donors (Lipinski definition) is 0. The molecule has 0 saturated heterocycles. The Labute approximate surface area is 152 Å². The molecular weight excluding hydrogens is 339 g/mol. The zero-order chi connectivity index (χ0) is 18.6. The highest BCUT2D eigenvalue weighted by molar-refractivity contribution is 5.30. The van der Waals surface area contributed by atoms with Gasteiger partial charge in [0.25, 0.3) is 0 Å². The van der Waals surface area contributed by atoms with E-state index in [1.807, 2.05) is 0 Å². The Morgan fingerprint density at radius 1 is 1.04 bits per heavy atom. The number of halogens is 3. The number of ether oxygens (including phenoxy) is 1. The van der Waals surface area contributed by atoms with Gasteiger partial charge in [-0.25, -0.2) is 0 Å². The molecule has 0 bridgehead atoms. The average Bonchev–Trinajstić information content (AvgIpc) is 2.64. The first-order valence-corrected chi connectivity index (χ1v) is 9.08. The summed E-state index contributed by atoms with van der Waals surface area (Å²) >= 11 is 0. The molecule has 2 aromatic carbocycles. The molecule has 0 saturated carbocycles. The second-order valence-electron chi connectivity index (χ2n) is 6.73. The minimum Gasteiger partial charge on any atom is -0.494 e. The Kier molecular flexibility index (Phi) is 5.87. The summed E-state index contributed by atoms with van der Waals surface area (Å²) in [6.45, 7) is 4.59. The van der Waals surface area contributed by atoms with Crippen molar-refractivity contribution in [3.8, 4) is 5.75 Å². The van der Waals surface area contributed by atoms with Crippen LogP contribution in [0.15, 0.2) is 48.5 Å². The lowest BCUT2D eigenvalue weighted by atomic mass is 9.92. The lowest BCUT2D eigenvalue weighted by molar-refractivity contribution is -0.137. The smallest absolute Gasteiger partial charge is 0.416 e. The molecule has 26 heavy (non-hydrogen) atoms. The van der Waals surface area contributed by atoms with Crippen LogP contribution in [0.2, 0.25) is 0 Å². The van der Waals surface area contributed by atoms with Gasteiger partial charge in [0.15, 0.2) is 0 Å². The van der Waals surface area contributed by atoms with Crippen molar-refractivity contribution in [1.82, 2.24) is 4.90 Å². The third kappa shape index (κ3) is 4.58. The lowest BCUT2D eigenvalue weighted by Gasteiger charge is -2.36. The zero-order valence-corrected chi connectivity index (χ0v) is 14.9. The van der Waals surface area contributed by atoms with Crippen molar-refractivity contribution >= 4 is 0 Å². The van der Waals surface area contributed by atoms with E-state index in [4.69, 9.17) is 4.74 Å². The van der Waals surface area contributed by atoms with E-state index in [0.717, 1.165) is 44.5 Å². The topological polar surface area (TPSA) is 12.5 Å². The van der Waals surface area contributed by atoms with Crippen LogP contribution >= 0.6 is 0 Å². The molecule has 1 atom stereocenters. The molecule has 140 valence electrons. The van der Waals surface area contributed by atoms with E-state index in [9.17, 15) is 13.2 Å². The predicted molar refractivity (Wildman–Crippen MR) is 96.2 cm³/mol. The molecule has 1 aliphatic heterocycles. The fourth-order valence-electron chi connectivity index (χ4n) is 3.50. The van der Waals surface area contributed by atoms with Gasteiger partial charge in [0.1, 0.15) is 5.75 Å². The van der Waals surface area contributed by atoms with Gasteiger partial charge in [0, 0.05) is 19.1 Å². The van der Waals surface area contributed by atoms with E-state index in [-0.39, 0.29) is 0 Å². The highest BCUT2D eigenvalue weighted by Crippen LogP contribution is 2.30. The van der Waals surface area contributed by atoms with E-state index in [2.05, 4.69) is 36.1 Å². The first-order chi connectivity index (χ1) is 12.5. The maximum Gasteiger partial charge on any atom is 0.416 e. The summed E-state index contributed by atoms with van der Waals surface area (Å²) in [6, 6.07) is 14.0. The van der Waals surface area contributed by atoms with Crippen molar-refractivity contribution in [1.29, 1.82) is 0 Å². The van der Waals surface area contributed by atoms with Crippen molar-refractivity contribution in [3.63, 3.8) is 0 Å². The Bertz CT molecular complexity index is 712. The minimum absolute atomic E-state index is 0.481. The molecule has 1 heterocycles. The molecular formula is C21H24F3NO. The van der Waals surface area contributed by atoms with Crippen molar-refractivity contribution in [2.75, 3.05) is 13.2 Å². The summed E-state index contributed by atoms with van der Waals surface area (Å²) in [7, 11) is 0. The average molecular weight is 363 g/mol. The van der Waals surface area contributed by atoms with Crippen LogP contribution in [0, 0.1) is 0 Å². The summed E-state index contributed by atoms with van der Waals surface area (Å²) in [5, 5.41) is 0. The number of benzene rings is 2. The number of alkyl halides is 3. The summed E-state index contributed by atoms with van der Waals surface area (Å²) in [4.78, 5) is 2.48. The highest BCUT2D eigenvalue weighted by Gasteiger charge is 2.30. The zero-order valence-electron chi connectivity index (χ0n) is 14.9. The standard InChI is InChI=1S/C21H24F3NO/c1-2-19-14-16-6-3-4-7-17(16)15-25(19)12-5-13-26-20-10-8-18(9-11-20)21(22,23)24/h3-4,6-11,19H,2,5,12-15H2,1H3. The quantitative estimate of drug-likeness (QED) is 0.645. The van der Waals surface area contributed by atoms with Crippen molar-refractivity contribution in [2.45, 2.75) is 44.9 Å². The normalized spacial score (nSPS) is 17.8. The van der Waals surface area contributed by atoms with Gasteiger partial charge in [-0.1, -0.05) is 31.2 Å². The summed E-state index contributed by atoms with van der Waals surface area (Å²) < 4.78 is 43.3. The van der Waals surface area contributed by atoms with Gasteiger partial charge in [-0.15, -0.1) is 0 Å². The van der Waals surface area contributed by atoms with Gasteiger partial charge in [0.05, 0.1) is 12.2 Å². The van der Waals surface area contributed by atoms with E-state index in [1.54, 1.807) is 0 Å². The monoisotopic (exact) mass is 363 g/mol. The van der Waals surface area contributed by atoms with Crippen LogP contribution in [0.4, 0.5) is 13.2 Å². The second kappa shape index (κ2) is 8.12. The molecule has 0 aliphatic carbocycles. The van der Waals surface area contributed by atoms with Crippen LogP contribution in [0.5, 0.6) is 5.75 Å². The molecule has 1 aliphatic rings. The van der Waals surface area contributed by atoms with Crippen LogP contribution in [0.25, 0.3) is 0 Å². The molecule has 2 nitrogen and oxygen atoms in total. The van der Waals surface area contributed by atoms with Gasteiger partial charge in [-0.05, 0) is 54.7 Å². The van der Waals surface area contributed by atoms with E-state index in [1.165, 1.54) is 23.3 Å². The number of rotatable bonds is 6. The molecule has 1 unspecified atom stereocenters. The third-order valence-corrected chi connectivity index (χ3v) is 4.98. The van der Waals surface area contributed by atoms with Crippen LogP contribution in [-0.4, -0.2) is 24.1 Å². The highest BCUT2D eigenvalue weighted by atomic mass is 19.4. The maximum absolute atomic E-state index is 12.6. The number of hydrogen-bond acceptors (Lipinski definition) is 2. The molecule has 3 rings (SSSR count). The minimum atomic E-state index is -4.31. The van der Waals surface area contributed by atoms with Crippen molar-refractivity contribution in [3.05, 3.63) is 65.2 Å². The van der Waals surface area contributed by atoms with E-state index in [0.29, 0.717) is 18.4 Å². The summed E-state index contributed by atoms with van der Waals surface area (Å²) in [5.41, 5.74) is 2.18. The lowest BCUT2D eigenvalue weighted by Crippen LogP contribution is -2.40. The SMILES string of the molecule is CCC1Cc2ccccc2CN1CCCOc1ccc(C(F)(F)F)cc1. The number of fused-ring (bicyclic) bond motifs is 1. The molecule has 2 aromatic rings. The fourth-order valence-corrected chi connectivity index (χ4v) is 3.50. The van der Waals surface area contributed by atoms with E-state index >= 15 is 0 Å². The first kappa shape index (κ1) is 18.8. The summed E-state index contributed by atoms with van der Waals surface area (Å²) in [5.74, 6) is 0.481. The van der Waals surface area contributed by atoms with E-state index < -0.39 is 11.7 Å². The first-order valence-electron chi connectivity index (χ1n) is 9.08. The van der Waals surface area contributed by atoms with Crippen LogP contribution in [0.1, 0.15) is 36.5 Å². The largest absolute Gasteiger partial charge is 0.494 e. The predicted octanol–water partition coefficient (Wildman–Crippen LogP) is 5.31. The fraction of sp³-hybridized carbons (Fsp3) is 0.429. The van der Waals surface area contributed by atoms with Gasteiger partial charge >= 0.3 is 6.18 Å². The van der Waals surface area contributed by atoms with Crippen LogP contribution in [-0.2, 0) is 19.1 Å². The molecule has 0 aromatic heterocycles. The van der Waals surface area contributed by atoms with Gasteiger partial charge in [-0.2, -0.15) is 13.2 Å². The molecule has 0 spiro atoms. The molecule has 0 N–H and O–H groups in total. The van der Waals surface area contributed by atoms with Gasteiger partial charge < -0.3 is 4.74 Å². The van der Waals surface area contributed by atoms with Gasteiger partial charge in [0.2, 0.25) is 0 Å². The molecule has 0 radical (unpaired) electrons. The molecule has 0 amide bonds. The van der Waals surface area contributed by atoms with Gasteiger partial charge in [-0.3, -0.25) is 4.90 Å². The Hall–Kier alpha value is -2.01. The third-order valence-electron chi connectivity index (χ3n) is 4.98. The maximum atomic E-state index is 12.6. The molecule has 0 fully saturated rings. The Morgan fingerprint density at radius 3 is 2.38 bits per heavy atom. The van der Waals surface area contributed by atoms with Crippen molar-refractivity contribution < 1.29 is 17.9 Å². The second-order valence-corrected chi connectivity index (χ2v) is 6.73.